The molecule has 0 radical (unpaired) electrons. The van der Waals surface area contributed by atoms with E-state index in [0.29, 0.717) is 24.8 Å². The molecule has 15 heteroatoms. The van der Waals surface area contributed by atoms with E-state index >= 15 is 0 Å². The van der Waals surface area contributed by atoms with Gasteiger partial charge in [0, 0.05) is 18.8 Å². The molecule has 6 atom stereocenters. The first kappa shape index (κ1) is 38.0. The fourth-order valence-electron chi connectivity index (χ4n) is 5.07. The number of alkyl halides is 3. The zero-order valence-electron chi connectivity index (χ0n) is 26.1. The number of hydrogen-bond acceptors (Lipinski definition) is 10. The number of ether oxygens (including phenoxy) is 2. The number of amides is 1. The number of esters is 1. The standard InChI is InChI=1S/C33H39F3N2O10/c1-21(32(43)48-25-14-11-22(12-15-25)19-47-38(44)45)37-31(42)10-5-3-2-4-9-27-28(30(41)18-29(27)40)16-13-24(39)20-46-26-8-6-7-23(17-26)33(34,35)36/h2,4,6-8,11-17,21,24,27-30,39-41H,3,5,9-10,18-20H2,1H3,(H,37,42)/b4-2-,16-13+/t21?,24-,27-,28-,29+,30-/m1/s1. The molecule has 0 saturated heterocycles. The fraction of sp³-hybridized carbons (Fsp3) is 0.455. The van der Waals surface area contributed by atoms with Crippen molar-refractivity contribution in [3.63, 3.8) is 0 Å². The molecule has 3 rings (SSSR count). The Hall–Kier alpha value is -4.47. The molecule has 1 amide bonds. The summed E-state index contributed by atoms with van der Waals surface area (Å²) in [7, 11) is 0. The Morgan fingerprint density at radius 1 is 1.10 bits per heavy atom. The number of benzene rings is 2. The molecular formula is C33H39F3N2O10. The van der Waals surface area contributed by atoms with Gasteiger partial charge in [-0.3, -0.25) is 4.79 Å². The molecule has 1 saturated carbocycles. The summed E-state index contributed by atoms with van der Waals surface area (Å²) in [6.45, 7) is 0.932. The Bertz CT molecular complexity index is 1420. The number of hydrogen-bond donors (Lipinski definition) is 4. The molecule has 2 aromatic carbocycles. The Balaban J connectivity index is 1.37. The molecule has 1 aliphatic rings. The lowest BCUT2D eigenvalue weighted by Gasteiger charge is -2.19. The predicted octanol–water partition coefficient (Wildman–Crippen LogP) is 4.29. The maximum Gasteiger partial charge on any atom is 0.416 e. The normalized spacial score (nSPS) is 20.8. The molecule has 48 heavy (non-hydrogen) atoms. The maximum absolute atomic E-state index is 12.9. The minimum absolute atomic E-state index is 0.0457. The van der Waals surface area contributed by atoms with E-state index < -0.39 is 53.1 Å². The number of carbonyl (C=O) groups excluding carboxylic acids is 2. The van der Waals surface area contributed by atoms with E-state index in [0.717, 1.165) is 12.1 Å². The second-order valence-corrected chi connectivity index (χ2v) is 11.4. The molecule has 1 fully saturated rings. The molecule has 0 aromatic heterocycles. The predicted molar refractivity (Wildman–Crippen MR) is 165 cm³/mol. The van der Waals surface area contributed by atoms with Crippen molar-refractivity contribution in [1.29, 1.82) is 0 Å². The molecule has 0 spiro atoms. The number of nitrogens with zero attached hydrogens (tertiary/aromatic N) is 1. The zero-order chi connectivity index (χ0) is 35.3. The van der Waals surface area contributed by atoms with Crippen molar-refractivity contribution in [1.82, 2.24) is 5.32 Å². The number of aliphatic hydroxyl groups excluding tert-OH is 3. The average molecular weight is 681 g/mol. The van der Waals surface area contributed by atoms with Crippen LogP contribution in [0.2, 0.25) is 0 Å². The Labute approximate surface area is 274 Å². The summed E-state index contributed by atoms with van der Waals surface area (Å²) in [5.41, 5.74) is -0.360. The van der Waals surface area contributed by atoms with Gasteiger partial charge in [0.15, 0.2) is 0 Å². The smallest absolute Gasteiger partial charge is 0.416 e. The molecule has 0 aliphatic heterocycles. The summed E-state index contributed by atoms with van der Waals surface area (Å²) in [6, 6.07) is 9.31. The van der Waals surface area contributed by atoms with Crippen molar-refractivity contribution in [3.05, 3.63) is 94.1 Å². The van der Waals surface area contributed by atoms with E-state index in [9.17, 15) is 48.2 Å². The zero-order valence-corrected chi connectivity index (χ0v) is 26.1. The van der Waals surface area contributed by atoms with Crippen LogP contribution < -0.4 is 14.8 Å². The molecule has 0 bridgehead atoms. The lowest BCUT2D eigenvalue weighted by Crippen LogP contribution is -2.40. The van der Waals surface area contributed by atoms with Gasteiger partial charge in [-0.2, -0.15) is 13.2 Å². The summed E-state index contributed by atoms with van der Waals surface area (Å²) >= 11 is 0. The van der Waals surface area contributed by atoms with Gasteiger partial charge in [0.05, 0.1) is 17.8 Å². The molecule has 262 valence electrons. The quantitative estimate of drug-likeness (QED) is 0.0471. The fourth-order valence-corrected chi connectivity index (χ4v) is 5.07. The second-order valence-electron chi connectivity index (χ2n) is 11.4. The van der Waals surface area contributed by atoms with Crippen molar-refractivity contribution in [2.24, 2.45) is 11.8 Å². The minimum Gasteiger partial charge on any atom is -0.491 e. The number of allylic oxidation sites excluding steroid dienone is 2. The van der Waals surface area contributed by atoms with Gasteiger partial charge in [0.2, 0.25) is 5.91 Å². The molecule has 12 nitrogen and oxygen atoms in total. The van der Waals surface area contributed by atoms with Crippen LogP contribution in [0.3, 0.4) is 0 Å². The van der Waals surface area contributed by atoms with Crippen molar-refractivity contribution < 1.29 is 57.5 Å². The highest BCUT2D eigenvalue weighted by atomic mass is 19.4. The van der Waals surface area contributed by atoms with E-state index in [2.05, 4.69) is 10.2 Å². The number of nitrogens with one attached hydrogen (secondary N) is 1. The molecule has 2 aromatic rings. The van der Waals surface area contributed by atoms with Crippen LogP contribution in [-0.2, 0) is 27.2 Å². The third kappa shape index (κ3) is 12.6. The second kappa shape index (κ2) is 18.2. The average Bonchev–Trinajstić information content (AvgIpc) is 3.30. The van der Waals surface area contributed by atoms with E-state index in [-0.39, 0.29) is 49.4 Å². The molecule has 1 aliphatic carbocycles. The highest BCUT2D eigenvalue weighted by molar-refractivity contribution is 5.85. The molecule has 4 N–H and O–H groups in total. The third-order valence-electron chi connectivity index (χ3n) is 7.61. The lowest BCUT2D eigenvalue weighted by molar-refractivity contribution is -0.763. The minimum atomic E-state index is -4.52. The first-order chi connectivity index (χ1) is 22.7. The van der Waals surface area contributed by atoms with Crippen LogP contribution in [0.1, 0.15) is 50.2 Å². The van der Waals surface area contributed by atoms with Crippen LogP contribution >= 0.6 is 0 Å². The first-order valence-electron chi connectivity index (χ1n) is 15.3. The van der Waals surface area contributed by atoms with Crippen LogP contribution in [0.25, 0.3) is 0 Å². The molecule has 0 heterocycles. The number of rotatable bonds is 17. The van der Waals surface area contributed by atoms with Crippen LogP contribution in [0.4, 0.5) is 13.2 Å². The third-order valence-corrected chi connectivity index (χ3v) is 7.61. The van der Waals surface area contributed by atoms with Crippen LogP contribution in [0.15, 0.2) is 72.8 Å². The van der Waals surface area contributed by atoms with Gasteiger partial charge in [-0.25, -0.2) is 4.79 Å². The largest absolute Gasteiger partial charge is 0.491 e. The van der Waals surface area contributed by atoms with E-state index in [4.69, 9.17) is 9.47 Å². The summed E-state index contributed by atoms with van der Waals surface area (Å²) in [6.07, 6.45) is 1.07. The van der Waals surface area contributed by atoms with E-state index in [1.165, 1.54) is 49.4 Å². The van der Waals surface area contributed by atoms with E-state index in [1.54, 1.807) is 6.08 Å². The maximum atomic E-state index is 12.9. The topological polar surface area (TPSA) is 178 Å². The highest BCUT2D eigenvalue weighted by Crippen LogP contribution is 2.36. The lowest BCUT2D eigenvalue weighted by atomic mass is 9.89. The van der Waals surface area contributed by atoms with Crippen molar-refractivity contribution in [2.45, 2.75) is 76.2 Å². The first-order valence-corrected chi connectivity index (χ1v) is 15.3. The summed E-state index contributed by atoms with van der Waals surface area (Å²) in [5, 5.41) is 43.1. The van der Waals surface area contributed by atoms with Gasteiger partial charge in [0.1, 0.15) is 36.9 Å². The van der Waals surface area contributed by atoms with Crippen molar-refractivity contribution in [2.75, 3.05) is 6.61 Å². The van der Waals surface area contributed by atoms with Crippen LogP contribution in [0, 0.1) is 22.0 Å². The Kier molecular flexibility index (Phi) is 14.4. The van der Waals surface area contributed by atoms with Crippen molar-refractivity contribution >= 4 is 11.9 Å². The van der Waals surface area contributed by atoms with Gasteiger partial charge >= 0.3 is 12.1 Å². The van der Waals surface area contributed by atoms with Gasteiger partial charge in [0.25, 0.3) is 5.09 Å². The SMILES string of the molecule is CC(NC(=O)CCC/C=C\C[C@@H]1[C@@H](/C=C/[C@@H](O)COc2cccc(C(F)(F)F)c2)[C@H](O)C[C@@H]1O)C(=O)Oc1ccc(CO[N+](=O)[O-])cc1. The molecule has 1 unspecified atom stereocenters. The summed E-state index contributed by atoms with van der Waals surface area (Å²) < 4.78 is 49.2. The number of unbranched alkanes of at least 4 members (excludes halogenated alkanes) is 1. The Morgan fingerprint density at radius 2 is 1.83 bits per heavy atom. The van der Waals surface area contributed by atoms with Gasteiger partial charge < -0.3 is 34.9 Å². The number of halogens is 3. The van der Waals surface area contributed by atoms with Crippen LogP contribution in [-0.4, -0.2) is 63.2 Å². The summed E-state index contributed by atoms with van der Waals surface area (Å²) in [5.74, 6) is -1.70. The highest BCUT2D eigenvalue weighted by Gasteiger charge is 2.39. The van der Waals surface area contributed by atoms with Gasteiger partial charge in [-0.1, -0.05) is 42.5 Å². The summed E-state index contributed by atoms with van der Waals surface area (Å²) in [4.78, 5) is 39.2. The van der Waals surface area contributed by atoms with Gasteiger partial charge in [-0.15, -0.1) is 10.1 Å². The van der Waals surface area contributed by atoms with E-state index in [1.807, 2.05) is 12.2 Å². The monoisotopic (exact) mass is 680 g/mol. The van der Waals surface area contributed by atoms with Gasteiger partial charge in [-0.05, 0) is 68.0 Å². The van der Waals surface area contributed by atoms with Crippen LogP contribution in [0.5, 0.6) is 11.5 Å². The Morgan fingerprint density at radius 3 is 2.52 bits per heavy atom. The number of carbonyl (C=O) groups is 2. The molecular weight excluding hydrogens is 641 g/mol. The van der Waals surface area contributed by atoms with Crippen molar-refractivity contribution in [3.8, 4) is 11.5 Å². The number of aliphatic hydroxyl groups is 3.